The van der Waals surface area contributed by atoms with Gasteiger partial charge >= 0.3 is 0 Å². The number of pyridine rings is 1. The van der Waals surface area contributed by atoms with Crippen molar-refractivity contribution in [3.05, 3.63) is 207 Å². The Morgan fingerprint density at radius 1 is 0.328 bits per heavy atom. The number of benzene rings is 8. The average Bonchev–Trinajstić information content (AvgIpc) is 3.81. The second-order valence-corrected chi connectivity index (χ2v) is 14.9. The van der Waals surface area contributed by atoms with Gasteiger partial charge in [-0.05, 0) is 96.1 Å². The van der Waals surface area contributed by atoms with Crippen molar-refractivity contribution < 1.29 is 4.74 Å². The van der Waals surface area contributed by atoms with E-state index in [2.05, 4.69) is 184 Å². The van der Waals surface area contributed by atoms with Gasteiger partial charge < -0.3 is 18.8 Å². The van der Waals surface area contributed by atoms with Gasteiger partial charge in [0, 0.05) is 62.1 Å². The molecule has 0 N–H and O–H groups in total. The molecule has 0 unspecified atom stereocenters. The summed E-state index contributed by atoms with van der Waals surface area (Å²) in [4.78, 5) is 7.12. The lowest BCUT2D eigenvalue weighted by Gasteiger charge is -2.32. The first-order valence-corrected chi connectivity index (χ1v) is 19.6. The van der Waals surface area contributed by atoms with E-state index >= 15 is 0 Å². The molecule has 0 spiro atoms. The number of anilines is 3. The highest BCUT2D eigenvalue weighted by Gasteiger charge is 2.25. The zero-order valence-electron chi connectivity index (χ0n) is 31.3. The Morgan fingerprint density at radius 3 is 1.22 bits per heavy atom. The van der Waals surface area contributed by atoms with Crippen LogP contribution in [0.1, 0.15) is 0 Å². The molecule has 0 fully saturated rings. The number of rotatable bonds is 5. The second-order valence-electron chi connectivity index (χ2n) is 14.9. The standard InChI is InChI=1S/C53H34N4O/c1-5-17-46-42(13-1)43-14-2-6-18-47(43)56(46)40-30-36(31-41(32-40)57-48-19-7-3-15-44(48)45-16-4-8-20-49(45)57)38-29-37(33-54-34-38)35-25-27-39(28-26-35)55-50-21-9-11-23-52(50)58-53-24-12-10-22-51(53)55/h1-34H. The Kier molecular flexibility index (Phi) is 7.16. The fourth-order valence-corrected chi connectivity index (χ4v) is 8.96. The Balaban J connectivity index is 1.02. The largest absolute Gasteiger partial charge is 0.453 e. The van der Waals surface area contributed by atoms with Crippen molar-refractivity contribution >= 4 is 60.7 Å². The molecule has 58 heavy (non-hydrogen) atoms. The van der Waals surface area contributed by atoms with Crippen molar-refractivity contribution in [2.24, 2.45) is 0 Å². The van der Waals surface area contributed by atoms with Gasteiger partial charge in [-0.1, -0.05) is 109 Å². The van der Waals surface area contributed by atoms with Gasteiger partial charge in [0.1, 0.15) is 0 Å². The number of nitrogens with zero attached hydrogens (tertiary/aromatic N) is 4. The maximum absolute atomic E-state index is 6.27. The van der Waals surface area contributed by atoms with E-state index in [9.17, 15) is 0 Å². The second kappa shape index (κ2) is 12.8. The van der Waals surface area contributed by atoms with E-state index in [1.54, 1.807) is 0 Å². The summed E-state index contributed by atoms with van der Waals surface area (Å²) < 4.78 is 11.1. The molecule has 1 aliphatic rings. The topological polar surface area (TPSA) is 35.2 Å². The van der Waals surface area contributed by atoms with Gasteiger partial charge in [-0.3, -0.25) is 4.98 Å². The van der Waals surface area contributed by atoms with Crippen molar-refractivity contribution in [2.75, 3.05) is 4.90 Å². The lowest BCUT2D eigenvalue weighted by molar-refractivity contribution is 0.477. The molecular weight excluding hydrogens is 709 g/mol. The van der Waals surface area contributed by atoms with Crippen LogP contribution in [0.5, 0.6) is 11.5 Å². The van der Waals surface area contributed by atoms with Gasteiger partial charge in [0.15, 0.2) is 11.5 Å². The summed E-state index contributed by atoms with van der Waals surface area (Å²) in [6.07, 6.45) is 3.95. The molecule has 5 heteroatoms. The molecule has 12 rings (SSSR count). The SMILES string of the molecule is c1ccc2c(c1)Oc1ccccc1N2c1ccc(-c2cncc(-c3cc(-n4c5ccccc5c5ccccc54)cc(-n4c5ccccc5c5ccccc54)c3)c2)cc1. The summed E-state index contributed by atoms with van der Waals surface area (Å²) in [6, 6.07) is 69.2. The third-order valence-electron chi connectivity index (χ3n) is 11.5. The van der Waals surface area contributed by atoms with E-state index in [1.807, 2.05) is 36.7 Å². The van der Waals surface area contributed by atoms with Crippen LogP contribution in [0.15, 0.2) is 207 Å². The van der Waals surface area contributed by atoms with E-state index < -0.39 is 0 Å². The third-order valence-corrected chi connectivity index (χ3v) is 11.5. The van der Waals surface area contributed by atoms with E-state index in [0.29, 0.717) is 0 Å². The van der Waals surface area contributed by atoms with Crippen LogP contribution in [0.25, 0.3) is 77.2 Å². The molecule has 1 aliphatic heterocycles. The lowest BCUT2D eigenvalue weighted by atomic mass is 10.0. The Hall–Kier alpha value is -7.89. The van der Waals surface area contributed by atoms with Crippen LogP contribution in [-0.2, 0) is 0 Å². The Morgan fingerprint density at radius 2 is 0.741 bits per heavy atom. The maximum atomic E-state index is 6.27. The van der Waals surface area contributed by atoms with Crippen LogP contribution < -0.4 is 9.64 Å². The highest BCUT2D eigenvalue weighted by Crippen LogP contribution is 2.50. The minimum Gasteiger partial charge on any atom is -0.453 e. The van der Waals surface area contributed by atoms with Crippen LogP contribution in [-0.4, -0.2) is 14.1 Å². The first-order valence-electron chi connectivity index (χ1n) is 19.6. The molecule has 0 bridgehead atoms. The van der Waals surface area contributed by atoms with Crippen molar-refractivity contribution in [1.82, 2.24) is 14.1 Å². The fourth-order valence-electron chi connectivity index (χ4n) is 8.96. The van der Waals surface area contributed by atoms with Gasteiger partial charge in [-0.15, -0.1) is 0 Å². The number of aromatic nitrogens is 3. The van der Waals surface area contributed by atoms with Crippen molar-refractivity contribution in [3.63, 3.8) is 0 Å². The van der Waals surface area contributed by atoms with Crippen molar-refractivity contribution in [3.8, 4) is 45.1 Å². The molecular formula is C53H34N4O. The molecule has 5 nitrogen and oxygen atoms in total. The quantitative estimate of drug-likeness (QED) is 0.176. The zero-order valence-corrected chi connectivity index (χ0v) is 31.3. The van der Waals surface area contributed by atoms with Crippen molar-refractivity contribution in [1.29, 1.82) is 0 Å². The molecule has 0 atom stereocenters. The zero-order chi connectivity index (χ0) is 38.2. The minimum atomic E-state index is 0.839. The number of ether oxygens (including phenoxy) is 1. The van der Waals surface area contributed by atoms with Crippen molar-refractivity contribution in [2.45, 2.75) is 0 Å². The minimum absolute atomic E-state index is 0.839. The monoisotopic (exact) mass is 742 g/mol. The Labute approximate surface area is 334 Å². The summed E-state index contributed by atoms with van der Waals surface area (Å²) in [6.45, 7) is 0. The van der Waals surface area contributed by atoms with E-state index in [0.717, 1.165) is 62.2 Å². The van der Waals surface area contributed by atoms with Gasteiger partial charge in [0.2, 0.25) is 0 Å². The lowest BCUT2D eigenvalue weighted by Crippen LogP contribution is -2.15. The molecule has 3 aromatic heterocycles. The third kappa shape index (κ3) is 5.00. The molecule has 0 amide bonds. The molecule has 0 radical (unpaired) electrons. The van der Waals surface area contributed by atoms with Gasteiger partial charge in [-0.25, -0.2) is 0 Å². The molecule has 4 heterocycles. The highest BCUT2D eigenvalue weighted by atomic mass is 16.5. The smallest absolute Gasteiger partial charge is 0.151 e. The van der Waals surface area contributed by atoms with Crippen LogP contribution in [0, 0.1) is 0 Å². The first-order chi connectivity index (χ1) is 28.8. The van der Waals surface area contributed by atoms with E-state index in [-0.39, 0.29) is 0 Å². The maximum Gasteiger partial charge on any atom is 0.151 e. The predicted molar refractivity (Wildman–Crippen MR) is 239 cm³/mol. The number of fused-ring (bicyclic) bond motifs is 8. The van der Waals surface area contributed by atoms with Gasteiger partial charge in [0.05, 0.1) is 33.4 Å². The molecule has 8 aromatic carbocycles. The average molecular weight is 743 g/mol. The van der Waals surface area contributed by atoms with Crippen LogP contribution in [0.4, 0.5) is 17.1 Å². The predicted octanol–water partition coefficient (Wildman–Crippen LogP) is 14.2. The number of hydrogen-bond donors (Lipinski definition) is 0. The summed E-state index contributed by atoms with van der Waals surface area (Å²) >= 11 is 0. The summed E-state index contributed by atoms with van der Waals surface area (Å²) in [5.41, 5.74) is 14.2. The summed E-state index contributed by atoms with van der Waals surface area (Å²) in [7, 11) is 0. The Bertz CT molecular complexity index is 3110. The normalized spacial score (nSPS) is 12.2. The van der Waals surface area contributed by atoms with Gasteiger partial charge in [-0.2, -0.15) is 0 Å². The molecule has 0 saturated carbocycles. The molecule has 0 saturated heterocycles. The highest BCUT2D eigenvalue weighted by molar-refractivity contribution is 6.10. The molecule has 272 valence electrons. The van der Waals surface area contributed by atoms with Crippen LogP contribution in [0.3, 0.4) is 0 Å². The first kappa shape index (κ1) is 32.4. The number of para-hydroxylation sites is 8. The summed E-state index contributed by atoms with van der Waals surface area (Å²) in [5, 5.41) is 4.94. The van der Waals surface area contributed by atoms with E-state index in [1.165, 1.54) is 43.6 Å². The summed E-state index contributed by atoms with van der Waals surface area (Å²) in [5.74, 6) is 1.68. The van der Waals surface area contributed by atoms with Crippen LogP contribution >= 0.6 is 0 Å². The van der Waals surface area contributed by atoms with Gasteiger partial charge in [0.25, 0.3) is 0 Å². The van der Waals surface area contributed by atoms with E-state index in [4.69, 9.17) is 9.72 Å². The number of hydrogen-bond acceptors (Lipinski definition) is 3. The van der Waals surface area contributed by atoms with Crippen LogP contribution in [0.2, 0.25) is 0 Å². The fraction of sp³-hybridized carbons (Fsp3) is 0. The molecule has 0 aliphatic carbocycles. The molecule has 11 aromatic rings.